The molecule has 8 heteroatoms. The molecule has 0 unspecified atom stereocenters. The molecule has 3 aromatic heterocycles. The van der Waals surface area contributed by atoms with E-state index in [-0.39, 0.29) is 11.6 Å². The van der Waals surface area contributed by atoms with Crippen molar-refractivity contribution in [2.24, 2.45) is 0 Å². The summed E-state index contributed by atoms with van der Waals surface area (Å²) in [5, 5.41) is 5.04. The van der Waals surface area contributed by atoms with Crippen LogP contribution in [0.4, 0.5) is 5.13 Å². The van der Waals surface area contributed by atoms with E-state index in [9.17, 15) is 4.79 Å². The minimum absolute atomic E-state index is 0.240. The fraction of sp³-hybridized carbons (Fsp3) is 0.111. The number of hydrogen-bond acceptors (Lipinski definition) is 6. The Morgan fingerprint density at radius 1 is 1.31 bits per heavy atom. The lowest BCUT2D eigenvalue weighted by Crippen LogP contribution is -2.30. The van der Waals surface area contributed by atoms with Gasteiger partial charge >= 0.3 is 0 Å². The summed E-state index contributed by atoms with van der Waals surface area (Å²) in [6, 6.07) is 10.8. The number of pyridine rings is 1. The monoisotopic (exact) mass is 384 g/mol. The number of amides is 1. The summed E-state index contributed by atoms with van der Waals surface area (Å²) in [7, 11) is 0. The maximum absolute atomic E-state index is 13.0. The zero-order valence-corrected chi connectivity index (χ0v) is 15.3. The van der Waals surface area contributed by atoms with Gasteiger partial charge in [-0.1, -0.05) is 34.2 Å². The standard InChI is InChI=1S/C18H13ClN4O2S/c1-11-7-15(22-25-11)17(24)23(10-12-3-2-6-20-9-12)18-21-14-5-4-13(19)8-16(14)26-18/h2-9H,10H2,1H3. The highest BCUT2D eigenvalue weighted by Crippen LogP contribution is 2.32. The van der Waals surface area contributed by atoms with E-state index >= 15 is 0 Å². The minimum Gasteiger partial charge on any atom is -0.361 e. The summed E-state index contributed by atoms with van der Waals surface area (Å²) in [6.45, 7) is 2.07. The Kier molecular flexibility index (Phi) is 4.40. The summed E-state index contributed by atoms with van der Waals surface area (Å²) < 4.78 is 5.96. The number of benzene rings is 1. The van der Waals surface area contributed by atoms with Crippen molar-refractivity contribution in [2.45, 2.75) is 13.5 Å². The first kappa shape index (κ1) is 16.7. The topological polar surface area (TPSA) is 72.1 Å². The van der Waals surface area contributed by atoms with Crippen LogP contribution in [0.25, 0.3) is 10.2 Å². The van der Waals surface area contributed by atoms with Gasteiger partial charge < -0.3 is 4.52 Å². The third-order valence-corrected chi connectivity index (χ3v) is 5.00. The van der Waals surface area contributed by atoms with Crippen molar-refractivity contribution in [3.8, 4) is 0 Å². The summed E-state index contributed by atoms with van der Waals surface area (Å²) in [5.41, 5.74) is 1.91. The summed E-state index contributed by atoms with van der Waals surface area (Å²) in [6.07, 6.45) is 3.41. The van der Waals surface area contributed by atoms with Crippen molar-refractivity contribution < 1.29 is 9.32 Å². The fourth-order valence-electron chi connectivity index (χ4n) is 2.51. The van der Waals surface area contributed by atoms with Gasteiger partial charge in [0.2, 0.25) is 0 Å². The van der Waals surface area contributed by atoms with Crippen molar-refractivity contribution in [2.75, 3.05) is 4.90 Å². The van der Waals surface area contributed by atoms with E-state index in [1.54, 1.807) is 36.4 Å². The predicted molar refractivity (Wildman–Crippen MR) is 101 cm³/mol. The average Bonchev–Trinajstić information content (AvgIpc) is 3.25. The van der Waals surface area contributed by atoms with Crippen LogP contribution in [0.15, 0.2) is 53.3 Å². The second-order valence-electron chi connectivity index (χ2n) is 5.68. The number of hydrogen-bond donors (Lipinski definition) is 0. The van der Waals surface area contributed by atoms with E-state index in [0.717, 1.165) is 15.8 Å². The molecule has 0 saturated heterocycles. The van der Waals surface area contributed by atoms with Gasteiger partial charge in [0.15, 0.2) is 10.8 Å². The van der Waals surface area contributed by atoms with Gasteiger partial charge in [-0.15, -0.1) is 0 Å². The third-order valence-electron chi connectivity index (χ3n) is 3.73. The third kappa shape index (κ3) is 3.31. The first-order valence-corrected chi connectivity index (χ1v) is 9.00. The van der Waals surface area contributed by atoms with E-state index in [0.29, 0.717) is 22.5 Å². The summed E-state index contributed by atoms with van der Waals surface area (Å²) in [4.78, 5) is 23.3. The molecule has 1 aromatic carbocycles. The number of anilines is 1. The van der Waals surface area contributed by atoms with Crippen LogP contribution in [-0.2, 0) is 6.54 Å². The van der Waals surface area contributed by atoms with Crippen LogP contribution in [0.3, 0.4) is 0 Å². The Balaban J connectivity index is 1.76. The van der Waals surface area contributed by atoms with Crippen molar-refractivity contribution in [1.82, 2.24) is 15.1 Å². The maximum Gasteiger partial charge on any atom is 0.282 e. The smallest absolute Gasteiger partial charge is 0.282 e. The highest BCUT2D eigenvalue weighted by atomic mass is 35.5. The molecule has 0 bridgehead atoms. The van der Waals surface area contributed by atoms with Gasteiger partial charge in [0, 0.05) is 23.5 Å². The molecule has 0 spiro atoms. The first-order valence-electron chi connectivity index (χ1n) is 7.80. The second kappa shape index (κ2) is 6.86. The minimum atomic E-state index is -0.282. The largest absolute Gasteiger partial charge is 0.361 e. The number of halogens is 1. The zero-order valence-electron chi connectivity index (χ0n) is 13.7. The molecule has 4 aromatic rings. The number of rotatable bonds is 4. The molecule has 6 nitrogen and oxygen atoms in total. The molecule has 0 aliphatic heterocycles. The quantitative estimate of drug-likeness (QED) is 0.518. The van der Waals surface area contributed by atoms with Crippen LogP contribution in [-0.4, -0.2) is 21.0 Å². The Morgan fingerprint density at radius 3 is 2.92 bits per heavy atom. The van der Waals surface area contributed by atoms with Gasteiger partial charge in [-0.05, 0) is 36.8 Å². The average molecular weight is 385 g/mol. The zero-order chi connectivity index (χ0) is 18.1. The molecule has 4 rings (SSSR count). The Bertz CT molecular complexity index is 1080. The molecule has 0 saturated carbocycles. The Labute approximate surface area is 158 Å². The molecule has 0 aliphatic carbocycles. The molecule has 0 radical (unpaired) electrons. The number of nitrogens with zero attached hydrogens (tertiary/aromatic N) is 4. The number of thiazole rings is 1. The fourth-order valence-corrected chi connectivity index (χ4v) is 3.75. The summed E-state index contributed by atoms with van der Waals surface area (Å²) in [5.74, 6) is 0.293. The van der Waals surface area contributed by atoms with E-state index in [4.69, 9.17) is 16.1 Å². The first-order chi connectivity index (χ1) is 12.6. The lowest BCUT2D eigenvalue weighted by atomic mass is 10.2. The van der Waals surface area contributed by atoms with Crippen LogP contribution in [0.5, 0.6) is 0 Å². The number of fused-ring (bicyclic) bond motifs is 1. The molecule has 130 valence electrons. The Morgan fingerprint density at radius 2 is 2.19 bits per heavy atom. The van der Waals surface area contributed by atoms with Crippen molar-refractivity contribution in [3.05, 3.63) is 70.8 Å². The van der Waals surface area contributed by atoms with E-state index in [2.05, 4.69) is 15.1 Å². The molecule has 0 atom stereocenters. The number of carbonyl (C=O) groups excluding carboxylic acids is 1. The molecule has 1 amide bonds. The lowest BCUT2D eigenvalue weighted by molar-refractivity contribution is 0.0976. The predicted octanol–water partition coefficient (Wildman–Crippen LogP) is 4.49. The number of carbonyl (C=O) groups is 1. The van der Waals surface area contributed by atoms with E-state index < -0.39 is 0 Å². The molecule has 0 fully saturated rings. The molecule has 26 heavy (non-hydrogen) atoms. The van der Waals surface area contributed by atoms with Crippen molar-refractivity contribution in [1.29, 1.82) is 0 Å². The second-order valence-corrected chi connectivity index (χ2v) is 7.13. The van der Waals surface area contributed by atoms with Crippen LogP contribution in [0, 0.1) is 6.92 Å². The molecular formula is C18H13ClN4O2S. The van der Waals surface area contributed by atoms with E-state index in [1.165, 1.54) is 11.3 Å². The van der Waals surface area contributed by atoms with Crippen LogP contribution in [0.1, 0.15) is 21.8 Å². The molecule has 0 aliphatic rings. The lowest BCUT2D eigenvalue weighted by Gasteiger charge is -2.18. The van der Waals surface area contributed by atoms with Crippen LogP contribution in [0.2, 0.25) is 5.02 Å². The normalized spacial score (nSPS) is 11.0. The Hall–Kier alpha value is -2.77. The van der Waals surface area contributed by atoms with Crippen LogP contribution < -0.4 is 4.90 Å². The van der Waals surface area contributed by atoms with Crippen molar-refractivity contribution in [3.63, 3.8) is 0 Å². The SMILES string of the molecule is Cc1cc(C(=O)N(Cc2cccnc2)c2nc3ccc(Cl)cc3s2)no1. The summed E-state index contributed by atoms with van der Waals surface area (Å²) >= 11 is 7.47. The van der Waals surface area contributed by atoms with Gasteiger partial charge in [-0.3, -0.25) is 14.7 Å². The van der Waals surface area contributed by atoms with Gasteiger partial charge in [0.05, 0.1) is 16.8 Å². The van der Waals surface area contributed by atoms with Gasteiger partial charge in [0.1, 0.15) is 5.76 Å². The number of aryl methyl sites for hydroxylation is 1. The molecular weight excluding hydrogens is 372 g/mol. The number of aromatic nitrogens is 3. The molecule has 3 heterocycles. The van der Waals surface area contributed by atoms with Crippen molar-refractivity contribution >= 4 is 44.2 Å². The van der Waals surface area contributed by atoms with Gasteiger partial charge in [-0.2, -0.15) is 0 Å². The van der Waals surface area contributed by atoms with Gasteiger partial charge in [-0.25, -0.2) is 4.98 Å². The van der Waals surface area contributed by atoms with Crippen LogP contribution >= 0.6 is 22.9 Å². The van der Waals surface area contributed by atoms with Gasteiger partial charge in [0.25, 0.3) is 5.91 Å². The van der Waals surface area contributed by atoms with E-state index in [1.807, 2.05) is 24.3 Å². The highest BCUT2D eigenvalue weighted by molar-refractivity contribution is 7.22. The highest BCUT2D eigenvalue weighted by Gasteiger charge is 2.24. The maximum atomic E-state index is 13.0. The molecule has 0 N–H and O–H groups in total.